The predicted molar refractivity (Wildman–Crippen MR) is 70.7 cm³/mol. The van der Waals surface area contributed by atoms with Crippen LogP contribution in [0, 0.1) is 0 Å². The molecule has 19 heavy (non-hydrogen) atoms. The molecule has 0 bridgehead atoms. The fourth-order valence-electron chi connectivity index (χ4n) is 2.02. The fourth-order valence-corrected chi connectivity index (χ4v) is 2.02. The van der Waals surface area contributed by atoms with Crippen LogP contribution in [0.15, 0.2) is 41.3 Å². The smallest absolute Gasteiger partial charge is 0.257 e. The van der Waals surface area contributed by atoms with Gasteiger partial charge < -0.3 is 15.0 Å². The van der Waals surface area contributed by atoms with Gasteiger partial charge in [-0.25, -0.2) is 0 Å². The average Bonchev–Trinajstić information content (AvgIpc) is 2.87. The maximum atomic E-state index is 12.0. The minimum absolute atomic E-state index is 0.230. The number of aromatic nitrogens is 1. The molecule has 2 heterocycles. The number of carbonyl (C=O) groups is 1. The Labute approximate surface area is 109 Å². The topological polar surface area (TPSA) is 71.2 Å². The Morgan fingerprint density at radius 1 is 1.26 bits per heavy atom. The number of anilines is 1. The van der Waals surface area contributed by atoms with E-state index in [0.29, 0.717) is 12.2 Å². The number of carbonyl (C=O) groups excluding carboxylic acids is 1. The van der Waals surface area contributed by atoms with E-state index in [-0.39, 0.29) is 11.5 Å². The molecule has 0 saturated carbocycles. The molecule has 96 valence electrons. The molecule has 1 aliphatic rings. The lowest BCUT2D eigenvalue weighted by Crippen LogP contribution is -2.14. The van der Waals surface area contributed by atoms with Crippen molar-refractivity contribution in [2.24, 2.45) is 0 Å². The Bertz CT molecular complexity index is 671. The van der Waals surface area contributed by atoms with Crippen LogP contribution >= 0.6 is 0 Å². The van der Waals surface area contributed by atoms with Crippen molar-refractivity contribution in [1.82, 2.24) is 4.98 Å². The van der Waals surface area contributed by atoms with Gasteiger partial charge in [0, 0.05) is 24.4 Å². The van der Waals surface area contributed by atoms with Crippen molar-refractivity contribution < 1.29 is 9.53 Å². The molecule has 3 rings (SSSR count). The highest BCUT2D eigenvalue weighted by atomic mass is 16.5. The van der Waals surface area contributed by atoms with E-state index in [9.17, 15) is 9.59 Å². The van der Waals surface area contributed by atoms with Crippen LogP contribution in [0.2, 0.25) is 0 Å². The minimum Gasteiger partial charge on any atom is -0.493 e. The molecule has 0 radical (unpaired) electrons. The Kier molecular flexibility index (Phi) is 2.79. The highest BCUT2D eigenvalue weighted by molar-refractivity contribution is 6.04. The van der Waals surface area contributed by atoms with E-state index in [4.69, 9.17) is 4.74 Å². The van der Waals surface area contributed by atoms with Gasteiger partial charge in [-0.05, 0) is 29.8 Å². The summed E-state index contributed by atoms with van der Waals surface area (Å²) in [6.07, 6.45) is 2.26. The van der Waals surface area contributed by atoms with Gasteiger partial charge in [-0.2, -0.15) is 0 Å². The number of hydrogen-bond acceptors (Lipinski definition) is 3. The number of fused-ring (bicyclic) bond motifs is 1. The standard InChI is InChI=1S/C14H12N2O3/c17-13-4-1-10(8-15-13)14(18)16-11-2-3-12-9(7-11)5-6-19-12/h1-4,7-8H,5-6H2,(H,15,17)(H,16,18). The van der Waals surface area contributed by atoms with Crippen LogP contribution in [0.25, 0.3) is 0 Å². The summed E-state index contributed by atoms with van der Waals surface area (Å²) in [5, 5.41) is 2.79. The lowest BCUT2D eigenvalue weighted by atomic mass is 10.1. The second-order valence-electron chi connectivity index (χ2n) is 4.32. The fraction of sp³-hybridized carbons (Fsp3) is 0.143. The highest BCUT2D eigenvalue weighted by Crippen LogP contribution is 2.27. The summed E-state index contributed by atoms with van der Waals surface area (Å²) in [5.41, 5.74) is 2.00. The zero-order valence-corrected chi connectivity index (χ0v) is 10.1. The third-order valence-corrected chi connectivity index (χ3v) is 2.99. The first-order valence-electron chi connectivity index (χ1n) is 5.98. The van der Waals surface area contributed by atoms with E-state index in [0.717, 1.165) is 23.4 Å². The lowest BCUT2D eigenvalue weighted by Gasteiger charge is -2.06. The zero-order chi connectivity index (χ0) is 13.2. The van der Waals surface area contributed by atoms with Crippen LogP contribution in [0.3, 0.4) is 0 Å². The molecule has 2 N–H and O–H groups in total. The highest BCUT2D eigenvalue weighted by Gasteiger charge is 2.13. The first-order valence-corrected chi connectivity index (χ1v) is 5.98. The third-order valence-electron chi connectivity index (χ3n) is 2.99. The van der Waals surface area contributed by atoms with Gasteiger partial charge in [-0.15, -0.1) is 0 Å². The molecule has 1 amide bonds. The normalized spacial score (nSPS) is 12.6. The quantitative estimate of drug-likeness (QED) is 0.856. The van der Waals surface area contributed by atoms with Gasteiger partial charge in [0.05, 0.1) is 12.2 Å². The van der Waals surface area contributed by atoms with Crippen LogP contribution in [-0.4, -0.2) is 17.5 Å². The average molecular weight is 256 g/mol. The van der Waals surface area contributed by atoms with Crippen molar-refractivity contribution in [3.63, 3.8) is 0 Å². The third kappa shape index (κ3) is 2.35. The summed E-state index contributed by atoms with van der Waals surface area (Å²) in [6, 6.07) is 8.38. The second kappa shape index (κ2) is 4.61. The Morgan fingerprint density at radius 2 is 2.16 bits per heavy atom. The molecule has 0 unspecified atom stereocenters. The molecule has 1 aromatic carbocycles. The monoisotopic (exact) mass is 256 g/mol. The molecule has 1 aliphatic heterocycles. The molecular formula is C14H12N2O3. The zero-order valence-electron chi connectivity index (χ0n) is 10.1. The number of pyridine rings is 1. The van der Waals surface area contributed by atoms with Crippen LogP contribution in [0.1, 0.15) is 15.9 Å². The van der Waals surface area contributed by atoms with Crippen molar-refractivity contribution in [1.29, 1.82) is 0 Å². The van der Waals surface area contributed by atoms with Crippen LogP contribution in [0.5, 0.6) is 5.75 Å². The van der Waals surface area contributed by atoms with Crippen LogP contribution in [-0.2, 0) is 6.42 Å². The SMILES string of the molecule is O=C(Nc1ccc2c(c1)CCO2)c1ccc(=O)[nH]c1. The van der Waals surface area contributed by atoms with Gasteiger partial charge in [0.15, 0.2) is 0 Å². The van der Waals surface area contributed by atoms with Gasteiger partial charge >= 0.3 is 0 Å². The van der Waals surface area contributed by atoms with E-state index in [1.165, 1.54) is 18.3 Å². The van der Waals surface area contributed by atoms with Crippen LogP contribution in [0.4, 0.5) is 5.69 Å². The molecule has 0 spiro atoms. The van der Waals surface area contributed by atoms with E-state index in [2.05, 4.69) is 10.3 Å². The molecule has 0 aliphatic carbocycles. The van der Waals surface area contributed by atoms with Crippen molar-refractivity contribution >= 4 is 11.6 Å². The summed E-state index contributed by atoms with van der Waals surface area (Å²) in [7, 11) is 0. The molecule has 5 heteroatoms. The van der Waals surface area contributed by atoms with Gasteiger partial charge in [-0.3, -0.25) is 9.59 Å². The predicted octanol–water partition coefficient (Wildman–Crippen LogP) is 1.56. The van der Waals surface area contributed by atoms with Crippen molar-refractivity contribution in [3.05, 3.63) is 58.0 Å². The molecule has 1 aromatic heterocycles. The van der Waals surface area contributed by atoms with Crippen LogP contribution < -0.4 is 15.6 Å². The summed E-state index contributed by atoms with van der Waals surface area (Å²) < 4.78 is 5.40. The van der Waals surface area contributed by atoms with Gasteiger partial charge in [0.1, 0.15) is 5.75 Å². The molecular weight excluding hydrogens is 244 g/mol. The largest absolute Gasteiger partial charge is 0.493 e. The van der Waals surface area contributed by atoms with Gasteiger partial charge in [-0.1, -0.05) is 0 Å². The van der Waals surface area contributed by atoms with Crippen molar-refractivity contribution in [2.75, 3.05) is 11.9 Å². The molecule has 5 nitrogen and oxygen atoms in total. The Balaban J connectivity index is 1.79. The number of amides is 1. The molecule has 0 fully saturated rings. The maximum Gasteiger partial charge on any atom is 0.257 e. The number of nitrogens with one attached hydrogen (secondary N) is 2. The number of benzene rings is 1. The number of hydrogen-bond donors (Lipinski definition) is 2. The van der Waals surface area contributed by atoms with E-state index in [1.807, 2.05) is 12.1 Å². The lowest BCUT2D eigenvalue weighted by molar-refractivity contribution is 0.102. The second-order valence-corrected chi connectivity index (χ2v) is 4.32. The molecule has 2 aromatic rings. The van der Waals surface area contributed by atoms with Gasteiger partial charge in [0.2, 0.25) is 5.56 Å². The molecule has 0 atom stereocenters. The van der Waals surface area contributed by atoms with E-state index < -0.39 is 0 Å². The number of aromatic amines is 1. The Morgan fingerprint density at radius 3 is 2.95 bits per heavy atom. The summed E-state index contributed by atoms with van der Waals surface area (Å²) >= 11 is 0. The summed E-state index contributed by atoms with van der Waals surface area (Å²) in [5.74, 6) is 0.622. The van der Waals surface area contributed by atoms with Crippen molar-refractivity contribution in [2.45, 2.75) is 6.42 Å². The number of ether oxygens (including phenoxy) is 1. The number of H-pyrrole nitrogens is 1. The molecule has 0 saturated heterocycles. The first-order chi connectivity index (χ1) is 9.22. The van der Waals surface area contributed by atoms with Crippen molar-refractivity contribution in [3.8, 4) is 5.75 Å². The van der Waals surface area contributed by atoms with Gasteiger partial charge in [0.25, 0.3) is 5.91 Å². The maximum absolute atomic E-state index is 12.0. The van der Waals surface area contributed by atoms with E-state index >= 15 is 0 Å². The summed E-state index contributed by atoms with van der Waals surface area (Å²) in [4.78, 5) is 25.4. The Hall–Kier alpha value is -2.56. The number of rotatable bonds is 2. The first kappa shape index (κ1) is 11.5. The minimum atomic E-state index is -0.255. The van der Waals surface area contributed by atoms with E-state index in [1.54, 1.807) is 6.07 Å². The summed E-state index contributed by atoms with van der Waals surface area (Å²) in [6.45, 7) is 0.687.